The summed E-state index contributed by atoms with van der Waals surface area (Å²) in [5, 5.41) is 0. The summed E-state index contributed by atoms with van der Waals surface area (Å²) in [6.45, 7) is 3.61. The fourth-order valence-corrected chi connectivity index (χ4v) is 3.08. The Morgan fingerprint density at radius 3 is 2.05 bits per heavy atom. The van der Waals surface area contributed by atoms with E-state index in [2.05, 4.69) is 6.92 Å². The van der Waals surface area contributed by atoms with Crippen LogP contribution in [0.3, 0.4) is 0 Å². The van der Waals surface area contributed by atoms with Crippen LogP contribution in [0.1, 0.15) is 90.4 Å². The molecule has 3 heteroatoms. The van der Waals surface area contributed by atoms with Gasteiger partial charge in [0.2, 0.25) is 5.91 Å². The lowest BCUT2D eigenvalue weighted by Gasteiger charge is -2.37. The molecule has 0 spiro atoms. The number of carbonyl (C=O) groups excluding carboxylic acids is 1. The third-order valence-electron chi connectivity index (χ3n) is 4.70. The molecular formula is C18H36N2O. The monoisotopic (exact) mass is 296 g/mol. The molecule has 3 nitrogen and oxygen atoms in total. The summed E-state index contributed by atoms with van der Waals surface area (Å²) in [7, 11) is 0. The third-order valence-corrected chi connectivity index (χ3v) is 4.70. The van der Waals surface area contributed by atoms with Gasteiger partial charge in [-0.15, -0.1) is 0 Å². The molecule has 1 aliphatic carbocycles. The maximum Gasteiger partial charge on any atom is 0.222 e. The van der Waals surface area contributed by atoms with E-state index >= 15 is 0 Å². The molecule has 0 aliphatic heterocycles. The molecular weight excluding hydrogens is 260 g/mol. The molecule has 0 unspecified atom stereocenters. The van der Waals surface area contributed by atoms with Gasteiger partial charge in [0.25, 0.3) is 0 Å². The van der Waals surface area contributed by atoms with Crippen molar-refractivity contribution < 1.29 is 4.79 Å². The number of unbranched alkanes of at least 4 members (excludes halogenated alkanes) is 8. The van der Waals surface area contributed by atoms with Gasteiger partial charge < -0.3 is 10.6 Å². The van der Waals surface area contributed by atoms with Crippen molar-refractivity contribution in [3.8, 4) is 0 Å². The van der Waals surface area contributed by atoms with Gasteiger partial charge in [0.05, 0.1) is 0 Å². The zero-order chi connectivity index (χ0) is 15.3. The lowest BCUT2D eigenvalue weighted by molar-refractivity contribution is -0.135. The van der Waals surface area contributed by atoms with E-state index in [1.165, 1.54) is 70.6 Å². The van der Waals surface area contributed by atoms with Gasteiger partial charge in [0, 0.05) is 25.6 Å². The Kier molecular flexibility index (Phi) is 10.6. The first-order valence-electron chi connectivity index (χ1n) is 9.29. The quantitative estimate of drug-likeness (QED) is 0.516. The van der Waals surface area contributed by atoms with Gasteiger partial charge >= 0.3 is 0 Å². The first-order valence-corrected chi connectivity index (χ1v) is 9.29. The second kappa shape index (κ2) is 12.0. The number of nitrogens with zero attached hydrogens (tertiary/aromatic N) is 1. The van der Waals surface area contributed by atoms with Crippen LogP contribution in [0.2, 0.25) is 0 Å². The highest BCUT2D eigenvalue weighted by Crippen LogP contribution is 2.25. The number of hydrogen-bond acceptors (Lipinski definition) is 2. The average molecular weight is 296 g/mol. The Balaban J connectivity index is 1.99. The van der Waals surface area contributed by atoms with Gasteiger partial charge in [0.15, 0.2) is 0 Å². The molecule has 0 aromatic rings. The van der Waals surface area contributed by atoms with Crippen molar-refractivity contribution in [3.63, 3.8) is 0 Å². The molecule has 1 amide bonds. The number of amides is 1. The highest BCUT2D eigenvalue weighted by atomic mass is 16.2. The molecule has 1 rings (SSSR count). The molecule has 1 fully saturated rings. The van der Waals surface area contributed by atoms with Crippen LogP contribution in [-0.4, -0.2) is 29.9 Å². The molecule has 0 aromatic heterocycles. The molecule has 1 saturated carbocycles. The number of hydrogen-bond donors (Lipinski definition) is 1. The molecule has 0 saturated heterocycles. The SMILES string of the molecule is CCCCCCCCCCCC(=O)N(CCN)C1CCC1. The standard InChI is InChI=1S/C18H36N2O/c1-2-3-4-5-6-7-8-9-10-14-18(21)20(16-15-19)17-12-11-13-17/h17H,2-16,19H2,1H3. The van der Waals surface area contributed by atoms with Crippen molar-refractivity contribution in [2.45, 2.75) is 96.4 Å². The van der Waals surface area contributed by atoms with Crippen LogP contribution < -0.4 is 5.73 Å². The van der Waals surface area contributed by atoms with Gasteiger partial charge in [-0.2, -0.15) is 0 Å². The van der Waals surface area contributed by atoms with E-state index < -0.39 is 0 Å². The van der Waals surface area contributed by atoms with E-state index in [-0.39, 0.29) is 0 Å². The molecule has 0 atom stereocenters. The first kappa shape index (κ1) is 18.5. The Morgan fingerprint density at radius 1 is 1.00 bits per heavy atom. The third kappa shape index (κ3) is 7.85. The lowest BCUT2D eigenvalue weighted by atomic mass is 9.91. The highest BCUT2D eigenvalue weighted by molar-refractivity contribution is 5.76. The van der Waals surface area contributed by atoms with Crippen molar-refractivity contribution in [2.75, 3.05) is 13.1 Å². The minimum absolute atomic E-state index is 0.341. The summed E-state index contributed by atoms with van der Waals surface area (Å²) in [6, 6.07) is 0.500. The summed E-state index contributed by atoms with van der Waals surface area (Å²) < 4.78 is 0. The van der Waals surface area contributed by atoms with Crippen LogP contribution >= 0.6 is 0 Å². The maximum atomic E-state index is 12.2. The second-order valence-corrected chi connectivity index (χ2v) is 6.54. The minimum atomic E-state index is 0.341. The lowest BCUT2D eigenvalue weighted by Crippen LogP contribution is -2.46. The first-order chi connectivity index (χ1) is 10.3. The molecule has 21 heavy (non-hydrogen) atoms. The van der Waals surface area contributed by atoms with E-state index in [9.17, 15) is 4.79 Å². The smallest absolute Gasteiger partial charge is 0.222 e. The van der Waals surface area contributed by atoms with Gasteiger partial charge in [-0.3, -0.25) is 4.79 Å². The number of rotatable bonds is 13. The summed E-state index contributed by atoms with van der Waals surface area (Å²) >= 11 is 0. The zero-order valence-electron chi connectivity index (χ0n) is 14.1. The summed E-state index contributed by atoms with van der Waals surface area (Å²) in [5.41, 5.74) is 5.63. The van der Waals surface area contributed by atoms with Crippen LogP contribution in [-0.2, 0) is 4.79 Å². The molecule has 2 N–H and O–H groups in total. The average Bonchev–Trinajstić information content (AvgIpc) is 2.43. The Hall–Kier alpha value is -0.570. The minimum Gasteiger partial charge on any atom is -0.338 e. The van der Waals surface area contributed by atoms with Crippen molar-refractivity contribution in [3.05, 3.63) is 0 Å². The Bertz CT molecular complexity index is 264. The van der Waals surface area contributed by atoms with Crippen LogP contribution in [0.25, 0.3) is 0 Å². The summed E-state index contributed by atoms with van der Waals surface area (Å²) in [4.78, 5) is 14.3. The normalized spacial score (nSPS) is 15.0. The van der Waals surface area contributed by atoms with E-state index in [1.807, 2.05) is 4.90 Å². The van der Waals surface area contributed by atoms with Crippen molar-refractivity contribution in [1.82, 2.24) is 4.90 Å². The summed E-state index contributed by atoms with van der Waals surface area (Å²) in [5.74, 6) is 0.341. The van der Waals surface area contributed by atoms with Crippen molar-refractivity contribution in [2.24, 2.45) is 5.73 Å². The van der Waals surface area contributed by atoms with E-state index in [0.717, 1.165) is 19.4 Å². The zero-order valence-corrected chi connectivity index (χ0v) is 14.1. The maximum absolute atomic E-state index is 12.2. The molecule has 0 bridgehead atoms. The van der Waals surface area contributed by atoms with Gasteiger partial charge in [-0.25, -0.2) is 0 Å². The second-order valence-electron chi connectivity index (χ2n) is 6.54. The molecule has 0 radical (unpaired) electrons. The van der Waals surface area contributed by atoms with Crippen LogP contribution in [0, 0.1) is 0 Å². The van der Waals surface area contributed by atoms with E-state index in [4.69, 9.17) is 5.73 Å². The van der Waals surface area contributed by atoms with Gasteiger partial charge in [0.1, 0.15) is 0 Å². The predicted molar refractivity (Wildman–Crippen MR) is 90.3 cm³/mol. The fraction of sp³-hybridized carbons (Fsp3) is 0.944. The summed E-state index contributed by atoms with van der Waals surface area (Å²) in [6.07, 6.45) is 16.1. The van der Waals surface area contributed by atoms with E-state index in [1.54, 1.807) is 0 Å². The van der Waals surface area contributed by atoms with Crippen molar-refractivity contribution >= 4 is 5.91 Å². The molecule has 1 aliphatic rings. The molecule has 0 aromatic carbocycles. The molecule has 124 valence electrons. The Morgan fingerprint density at radius 2 is 1.57 bits per heavy atom. The molecule has 0 heterocycles. The topological polar surface area (TPSA) is 46.3 Å². The van der Waals surface area contributed by atoms with Crippen LogP contribution in [0.4, 0.5) is 0 Å². The number of nitrogens with two attached hydrogens (primary N) is 1. The predicted octanol–water partition coefficient (Wildman–Crippen LogP) is 4.25. The Labute approximate surface area is 131 Å². The van der Waals surface area contributed by atoms with Crippen LogP contribution in [0.5, 0.6) is 0 Å². The largest absolute Gasteiger partial charge is 0.338 e. The van der Waals surface area contributed by atoms with Gasteiger partial charge in [-0.05, 0) is 25.7 Å². The highest BCUT2D eigenvalue weighted by Gasteiger charge is 2.27. The van der Waals surface area contributed by atoms with Gasteiger partial charge in [-0.1, -0.05) is 58.3 Å². The van der Waals surface area contributed by atoms with E-state index in [0.29, 0.717) is 18.5 Å². The van der Waals surface area contributed by atoms with Crippen LogP contribution in [0.15, 0.2) is 0 Å². The number of carbonyl (C=O) groups is 1. The van der Waals surface area contributed by atoms with Crippen molar-refractivity contribution in [1.29, 1.82) is 0 Å². The fourth-order valence-electron chi connectivity index (χ4n) is 3.08.